The standard InChI is InChI=1S/C17H15F4NOS/c18-14-6-1-2-7-15(14)24-9-8-16(23)22-11-12-4-3-5-13(10-12)17(19,20)21/h1-7,10H,8-9,11H2,(H,22,23). The number of hydrogen-bond acceptors (Lipinski definition) is 2. The van der Waals surface area contributed by atoms with Crippen molar-refractivity contribution in [1.29, 1.82) is 0 Å². The molecule has 0 unspecified atom stereocenters. The summed E-state index contributed by atoms with van der Waals surface area (Å²) in [5, 5.41) is 2.57. The molecule has 7 heteroatoms. The fourth-order valence-corrected chi connectivity index (χ4v) is 2.85. The number of halogens is 4. The summed E-state index contributed by atoms with van der Waals surface area (Å²) >= 11 is 1.22. The SMILES string of the molecule is O=C(CCSc1ccccc1F)NCc1cccc(C(F)(F)F)c1. The average molecular weight is 357 g/mol. The number of nitrogens with one attached hydrogen (secondary N) is 1. The van der Waals surface area contributed by atoms with Crippen molar-refractivity contribution in [2.45, 2.75) is 24.0 Å². The van der Waals surface area contributed by atoms with Gasteiger partial charge in [-0.2, -0.15) is 13.2 Å². The zero-order valence-corrected chi connectivity index (χ0v) is 13.4. The van der Waals surface area contributed by atoms with Gasteiger partial charge in [0.2, 0.25) is 5.91 Å². The van der Waals surface area contributed by atoms with E-state index in [-0.39, 0.29) is 24.7 Å². The van der Waals surface area contributed by atoms with Crippen molar-refractivity contribution >= 4 is 17.7 Å². The first-order chi connectivity index (χ1) is 11.4. The molecule has 2 aromatic carbocycles. The van der Waals surface area contributed by atoms with Gasteiger partial charge in [0, 0.05) is 23.6 Å². The Labute approximate surface area is 141 Å². The lowest BCUT2D eigenvalue weighted by molar-refractivity contribution is -0.137. The van der Waals surface area contributed by atoms with Crippen LogP contribution in [0.4, 0.5) is 17.6 Å². The second-order valence-electron chi connectivity index (χ2n) is 5.00. The van der Waals surface area contributed by atoms with E-state index in [9.17, 15) is 22.4 Å². The van der Waals surface area contributed by atoms with Crippen LogP contribution in [0.1, 0.15) is 17.5 Å². The lowest BCUT2D eigenvalue weighted by atomic mass is 10.1. The molecular formula is C17H15F4NOS. The Hall–Kier alpha value is -2.02. The smallest absolute Gasteiger partial charge is 0.352 e. The van der Waals surface area contributed by atoms with E-state index in [1.165, 1.54) is 30.0 Å². The Bertz CT molecular complexity index is 703. The molecule has 0 radical (unpaired) electrons. The summed E-state index contributed by atoms with van der Waals surface area (Å²) in [6.45, 7) is 0.0210. The quantitative estimate of drug-likeness (QED) is 0.603. The Morgan fingerprint density at radius 2 is 1.83 bits per heavy atom. The van der Waals surface area contributed by atoms with Crippen LogP contribution in [0.15, 0.2) is 53.4 Å². The number of carbonyl (C=O) groups is 1. The van der Waals surface area contributed by atoms with E-state index in [0.29, 0.717) is 16.2 Å². The Kier molecular flexibility index (Phi) is 6.25. The van der Waals surface area contributed by atoms with Gasteiger partial charge in [0.05, 0.1) is 5.56 Å². The molecule has 0 spiro atoms. The number of carbonyl (C=O) groups excluding carboxylic acids is 1. The highest BCUT2D eigenvalue weighted by atomic mass is 32.2. The summed E-state index contributed by atoms with van der Waals surface area (Å²) in [6.07, 6.45) is -4.26. The minimum atomic E-state index is -4.41. The van der Waals surface area contributed by atoms with Crippen LogP contribution < -0.4 is 5.32 Å². The minimum absolute atomic E-state index is 0.0210. The summed E-state index contributed by atoms with van der Waals surface area (Å²) in [7, 11) is 0. The van der Waals surface area contributed by atoms with E-state index >= 15 is 0 Å². The maximum atomic E-state index is 13.4. The van der Waals surface area contributed by atoms with Crippen LogP contribution in [0, 0.1) is 5.82 Å². The maximum absolute atomic E-state index is 13.4. The number of benzene rings is 2. The molecule has 2 rings (SSSR count). The van der Waals surface area contributed by atoms with Crippen LogP contribution in [0.2, 0.25) is 0 Å². The molecule has 0 saturated heterocycles. The molecule has 2 aromatic rings. The first-order valence-electron chi connectivity index (χ1n) is 7.16. The third-order valence-electron chi connectivity index (χ3n) is 3.17. The molecule has 0 bridgehead atoms. The van der Waals surface area contributed by atoms with Crippen molar-refractivity contribution in [2.75, 3.05) is 5.75 Å². The van der Waals surface area contributed by atoms with Crippen molar-refractivity contribution in [1.82, 2.24) is 5.32 Å². The van der Waals surface area contributed by atoms with Gasteiger partial charge in [-0.3, -0.25) is 4.79 Å². The van der Waals surface area contributed by atoms with Crippen molar-refractivity contribution < 1.29 is 22.4 Å². The number of rotatable bonds is 6. The lowest BCUT2D eigenvalue weighted by Crippen LogP contribution is -2.23. The first-order valence-corrected chi connectivity index (χ1v) is 8.15. The minimum Gasteiger partial charge on any atom is -0.352 e. The lowest BCUT2D eigenvalue weighted by Gasteiger charge is -2.09. The van der Waals surface area contributed by atoms with Gasteiger partial charge in [-0.1, -0.05) is 24.3 Å². The second kappa shape index (κ2) is 8.19. The largest absolute Gasteiger partial charge is 0.416 e. The van der Waals surface area contributed by atoms with Crippen molar-refractivity contribution in [3.63, 3.8) is 0 Å². The van der Waals surface area contributed by atoms with Crippen LogP contribution in [0.25, 0.3) is 0 Å². The van der Waals surface area contributed by atoms with Gasteiger partial charge in [0.1, 0.15) is 5.82 Å². The third kappa shape index (κ3) is 5.56. The second-order valence-corrected chi connectivity index (χ2v) is 6.14. The highest BCUT2D eigenvalue weighted by Crippen LogP contribution is 2.29. The summed E-state index contributed by atoms with van der Waals surface area (Å²) in [4.78, 5) is 12.2. The van der Waals surface area contributed by atoms with Gasteiger partial charge in [-0.15, -0.1) is 11.8 Å². The van der Waals surface area contributed by atoms with Gasteiger partial charge >= 0.3 is 6.18 Å². The molecule has 1 amide bonds. The fourth-order valence-electron chi connectivity index (χ4n) is 1.96. The Balaban J connectivity index is 1.78. The molecule has 24 heavy (non-hydrogen) atoms. The molecule has 0 saturated carbocycles. The zero-order valence-electron chi connectivity index (χ0n) is 12.6. The van der Waals surface area contributed by atoms with E-state index in [0.717, 1.165) is 12.1 Å². The Morgan fingerprint density at radius 1 is 1.08 bits per heavy atom. The molecule has 128 valence electrons. The third-order valence-corrected chi connectivity index (χ3v) is 4.22. The Morgan fingerprint density at radius 3 is 2.54 bits per heavy atom. The highest BCUT2D eigenvalue weighted by molar-refractivity contribution is 7.99. The molecular weight excluding hydrogens is 342 g/mol. The van der Waals surface area contributed by atoms with Crippen LogP contribution in [0.5, 0.6) is 0 Å². The molecule has 1 N–H and O–H groups in total. The first kappa shape index (κ1) is 18.3. The molecule has 0 heterocycles. The van der Waals surface area contributed by atoms with E-state index in [1.807, 2.05) is 0 Å². The molecule has 2 nitrogen and oxygen atoms in total. The normalized spacial score (nSPS) is 11.3. The molecule has 0 fully saturated rings. The number of alkyl halides is 3. The van der Waals surface area contributed by atoms with E-state index in [4.69, 9.17) is 0 Å². The van der Waals surface area contributed by atoms with E-state index in [2.05, 4.69) is 5.32 Å². The molecule has 0 aromatic heterocycles. The maximum Gasteiger partial charge on any atom is 0.416 e. The summed E-state index contributed by atoms with van der Waals surface area (Å²) in [5.41, 5.74) is -0.371. The van der Waals surface area contributed by atoms with Crippen molar-refractivity contribution in [2.24, 2.45) is 0 Å². The molecule has 0 aliphatic rings. The molecule has 0 aliphatic carbocycles. The monoisotopic (exact) mass is 357 g/mol. The van der Waals surface area contributed by atoms with Crippen molar-refractivity contribution in [3.05, 3.63) is 65.5 Å². The van der Waals surface area contributed by atoms with Gasteiger partial charge in [-0.05, 0) is 29.8 Å². The summed E-state index contributed by atoms with van der Waals surface area (Å²) < 4.78 is 51.2. The molecule has 0 atom stereocenters. The van der Waals surface area contributed by atoms with E-state index < -0.39 is 11.7 Å². The van der Waals surface area contributed by atoms with Crippen LogP contribution in [-0.4, -0.2) is 11.7 Å². The summed E-state index contributed by atoms with van der Waals surface area (Å²) in [6, 6.07) is 11.1. The topological polar surface area (TPSA) is 29.1 Å². The highest BCUT2D eigenvalue weighted by Gasteiger charge is 2.30. The van der Waals surface area contributed by atoms with Gasteiger partial charge in [-0.25, -0.2) is 4.39 Å². The van der Waals surface area contributed by atoms with Gasteiger partial charge < -0.3 is 5.32 Å². The van der Waals surface area contributed by atoms with Crippen LogP contribution in [0.3, 0.4) is 0 Å². The van der Waals surface area contributed by atoms with E-state index in [1.54, 1.807) is 18.2 Å². The number of thioether (sulfide) groups is 1. The zero-order chi connectivity index (χ0) is 17.6. The van der Waals surface area contributed by atoms with Crippen LogP contribution >= 0.6 is 11.8 Å². The predicted molar refractivity (Wildman–Crippen MR) is 85.0 cm³/mol. The van der Waals surface area contributed by atoms with Crippen LogP contribution in [-0.2, 0) is 17.5 Å². The predicted octanol–water partition coefficient (Wildman–Crippen LogP) is 4.64. The van der Waals surface area contributed by atoms with Crippen molar-refractivity contribution in [3.8, 4) is 0 Å². The number of hydrogen-bond donors (Lipinski definition) is 1. The average Bonchev–Trinajstić information content (AvgIpc) is 2.54. The molecule has 0 aliphatic heterocycles. The van der Waals surface area contributed by atoms with Gasteiger partial charge in [0.25, 0.3) is 0 Å². The summed E-state index contributed by atoms with van der Waals surface area (Å²) in [5.74, 6) is -0.252. The van der Waals surface area contributed by atoms with Gasteiger partial charge in [0.15, 0.2) is 0 Å². The fraction of sp³-hybridized carbons (Fsp3) is 0.235. The number of amides is 1.